The Hall–Kier alpha value is -2.59. The summed E-state index contributed by atoms with van der Waals surface area (Å²) in [4.78, 5) is 18.7. The number of H-pyrrole nitrogens is 1. The summed E-state index contributed by atoms with van der Waals surface area (Å²) < 4.78 is 0. The van der Waals surface area contributed by atoms with Gasteiger partial charge in [-0.3, -0.25) is 4.79 Å². The minimum Gasteiger partial charge on any atom is -0.354 e. The fourth-order valence-corrected chi connectivity index (χ4v) is 4.36. The molecular weight excluding hydrogens is 358 g/mol. The quantitative estimate of drug-likeness (QED) is 0.606. The number of hydrogen-bond acceptors (Lipinski definition) is 2. The van der Waals surface area contributed by atoms with E-state index in [0.717, 1.165) is 28.6 Å². The summed E-state index contributed by atoms with van der Waals surface area (Å²) in [6.45, 7) is 13.0. The van der Waals surface area contributed by atoms with Crippen molar-refractivity contribution >= 4 is 16.8 Å². The molecule has 0 bridgehead atoms. The highest BCUT2D eigenvalue weighted by molar-refractivity contribution is 6.00. The highest BCUT2D eigenvalue weighted by atomic mass is 16.2. The number of nitrogens with zero attached hydrogens (tertiary/aromatic N) is 1. The van der Waals surface area contributed by atoms with Gasteiger partial charge in [0.15, 0.2) is 0 Å². The van der Waals surface area contributed by atoms with Gasteiger partial charge in [0, 0.05) is 34.2 Å². The number of fused-ring (bicyclic) bond motifs is 1. The van der Waals surface area contributed by atoms with Crippen LogP contribution in [0, 0.1) is 13.8 Å². The van der Waals surface area contributed by atoms with Crippen LogP contribution < -0.4 is 5.73 Å². The molecule has 0 aliphatic heterocycles. The van der Waals surface area contributed by atoms with Crippen molar-refractivity contribution < 1.29 is 4.79 Å². The lowest BCUT2D eigenvalue weighted by Gasteiger charge is -2.30. The number of nitrogens with two attached hydrogens (primary N) is 1. The first-order valence-corrected chi connectivity index (χ1v) is 10.5. The molecule has 154 valence electrons. The lowest BCUT2D eigenvalue weighted by Crippen LogP contribution is -2.42. The summed E-state index contributed by atoms with van der Waals surface area (Å²) in [5, 5.41) is 1.09. The van der Waals surface area contributed by atoms with E-state index in [9.17, 15) is 4.79 Å². The summed E-state index contributed by atoms with van der Waals surface area (Å²) in [7, 11) is 0. The molecule has 4 nitrogen and oxygen atoms in total. The first-order valence-electron chi connectivity index (χ1n) is 10.5. The third-order valence-corrected chi connectivity index (χ3v) is 5.40. The van der Waals surface area contributed by atoms with Crippen molar-refractivity contribution in [2.24, 2.45) is 5.73 Å². The Morgan fingerprint density at radius 3 is 2.17 bits per heavy atom. The van der Waals surface area contributed by atoms with Gasteiger partial charge in [-0.05, 0) is 96.0 Å². The van der Waals surface area contributed by atoms with Crippen LogP contribution in [0.2, 0.25) is 0 Å². The zero-order valence-corrected chi connectivity index (χ0v) is 18.5. The summed E-state index contributed by atoms with van der Waals surface area (Å²) in [5.74, 6) is 0.0738. The standard InChI is InChI=1S/C25H33N3O/c1-15(2)28(16(3)4)25(29)19-7-8-23-22(14-19)21(9-10-26)24(27-23)20-12-17(5)11-18(6)13-20/h7-8,11-16,27H,9-10,26H2,1-6H3. The fourth-order valence-electron chi connectivity index (χ4n) is 4.36. The predicted octanol–water partition coefficient (Wildman–Crippen LogP) is 5.21. The molecule has 0 aliphatic rings. The molecular formula is C25H33N3O. The maximum atomic E-state index is 13.2. The molecule has 2 aromatic carbocycles. The summed E-state index contributed by atoms with van der Waals surface area (Å²) in [6.07, 6.45) is 0.762. The molecule has 0 saturated heterocycles. The maximum Gasteiger partial charge on any atom is 0.254 e. The van der Waals surface area contributed by atoms with Crippen LogP contribution in [-0.4, -0.2) is 34.4 Å². The average Bonchev–Trinajstić information content (AvgIpc) is 2.98. The van der Waals surface area contributed by atoms with E-state index in [4.69, 9.17) is 5.73 Å². The minimum absolute atomic E-state index is 0.0738. The van der Waals surface area contributed by atoms with Crippen LogP contribution in [0.1, 0.15) is 54.7 Å². The first kappa shape index (κ1) is 21.1. The van der Waals surface area contributed by atoms with Crippen molar-refractivity contribution in [3.63, 3.8) is 0 Å². The second-order valence-electron chi connectivity index (χ2n) is 8.55. The summed E-state index contributed by atoms with van der Waals surface area (Å²) >= 11 is 0. The number of carbonyl (C=O) groups is 1. The van der Waals surface area contributed by atoms with Crippen LogP contribution in [-0.2, 0) is 6.42 Å². The molecule has 3 N–H and O–H groups in total. The van der Waals surface area contributed by atoms with Crippen molar-refractivity contribution in [1.29, 1.82) is 0 Å². The molecule has 0 saturated carbocycles. The molecule has 0 unspecified atom stereocenters. The van der Waals surface area contributed by atoms with E-state index in [2.05, 4.69) is 64.7 Å². The Morgan fingerprint density at radius 2 is 1.62 bits per heavy atom. The predicted molar refractivity (Wildman–Crippen MR) is 122 cm³/mol. The topological polar surface area (TPSA) is 62.1 Å². The van der Waals surface area contributed by atoms with Crippen LogP contribution in [0.25, 0.3) is 22.2 Å². The van der Waals surface area contributed by atoms with Crippen LogP contribution in [0.15, 0.2) is 36.4 Å². The minimum atomic E-state index is 0.0738. The summed E-state index contributed by atoms with van der Waals surface area (Å²) in [5.41, 5.74) is 13.6. The van der Waals surface area contributed by atoms with Crippen LogP contribution >= 0.6 is 0 Å². The van der Waals surface area contributed by atoms with Gasteiger partial charge >= 0.3 is 0 Å². The van der Waals surface area contributed by atoms with Crippen molar-refractivity contribution in [2.75, 3.05) is 6.54 Å². The number of aryl methyl sites for hydroxylation is 2. The molecule has 29 heavy (non-hydrogen) atoms. The maximum absolute atomic E-state index is 13.2. The summed E-state index contributed by atoms with van der Waals surface area (Å²) in [6, 6.07) is 12.9. The van der Waals surface area contributed by atoms with Crippen LogP contribution in [0.4, 0.5) is 0 Å². The van der Waals surface area contributed by atoms with Gasteiger partial charge in [0.25, 0.3) is 5.91 Å². The van der Waals surface area contributed by atoms with E-state index < -0.39 is 0 Å². The van der Waals surface area contributed by atoms with E-state index in [-0.39, 0.29) is 18.0 Å². The smallest absolute Gasteiger partial charge is 0.254 e. The van der Waals surface area contributed by atoms with E-state index >= 15 is 0 Å². The van der Waals surface area contributed by atoms with Crippen molar-refractivity contribution in [3.8, 4) is 11.3 Å². The zero-order chi connectivity index (χ0) is 21.3. The van der Waals surface area contributed by atoms with E-state index in [0.29, 0.717) is 6.54 Å². The van der Waals surface area contributed by atoms with Crippen molar-refractivity contribution in [3.05, 3.63) is 58.7 Å². The van der Waals surface area contributed by atoms with Crippen LogP contribution in [0.5, 0.6) is 0 Å². The van der Waals surface area contributed by atoms with Crippen molar-refractivity contribution in [2.45, 2.75) is 60.0 Å². The molecule has 0 fully saturated rings. The molecule has 0 aliphatic carbocycles. The van der Waals surface area contributed by atoms with Gasteiger partial charge in [0.05, 0.1) is 0 Å². The number of nitrogens with one attached hydrogen (secondary N) is 1. The third kappa shape index (κ3) is 4.23. The normalized spacial score (nSPS) is 11.6. The Morgan fingerprint density at radius 1 is 1.00 bits per heavy atom. The Kier molecular flexibility index (Phi) is 6.13. The first-order chi connectivity index (χ1) is 13.7. The van der Waals surface area contributed by atoms with E-state index in [1.54, 1.807) is 0 Å². The zero-order valence-electron chi connectivity index (χ0n) is 18.5. The lowest BCUT2D eigenvalue weighted by molar-refractivity contribution is 0.0644. The molecule has 1 amide bonds. The van der Waals surface area contributed by atoms with Gasteiger partial charge in [0.2, 0.25) is 0 Å². The highest BCUT2D eigenvalue weighted by Crippen LogP contribution is 2.32. The SMILES string of the molecule is Cc1cc(C)cc(-c2[nH]c3ccc(C(=O)N(C(C)C)C(C)C)cc3c2CCN)c1. The fraction of sp³-hybridized carbons (Fsp3) is 0.400. The van der Waals surface area contributed by atoms with E-state index in [1.165, 1.54) is 22.3 Å². The van der Waals surface area contributed by atoms with Gasteiger partial charge in [0.1, 0.15) is 0 Å². The number of aromatic nitrogens is 1. The Labute approximate surface area is 174 Å². The van der Waals surface area contributed by atoms with Gasteiger partial charge in [-0.15, -0.1) is 0 Å². The number of benzene rings is 2. The molecule has 1 aromatic heterocycles. The third-order valence-electron chi connectivity index (χ3n) is 5.40. The largest absolute Gasteiger partial charge is 0.354 e. The van der Waals surface area contributed by atoms with Gasteiger partial charge in [-0.2, -0.15) is 0 Å². The lowest BCUT2D eigenvalue weighted by atomic mass is 9.98. The van der Waals surface area contributed by atoms with Gasteiger partial charge < -0.3 is 15.6 Å². The molecule has 0 spiro atoms. The monoisotopic (exact) mass is 391 g/mol. The number of amides is 1. The number of carbonyl (C=O) groups excluding carboxylic acids is 1. The number of hydrogen-bond donors (Lipinski definition) is 2. The average molecular weight is 392 g/mol. The Bertz CT molecular complexity index is 1000. The molecule has 0 radical (unpaired) electrons. The van der Waals surface area contributed by atoms with Gasteiger partial charge in [-0.1, -0.05) is 17.2 Å². The Balaban J connectivity index is 2.15. The molecule has 3 rings (SSSR count). The molecule has 0 atom stereocenters. The van der Waals surface area contributed by atoms with Crippen molar-refractivity contribution in [1.82, 2.24) is 9.88 Å². The second-order valence-corrected chi connectivity index (χ2v) is 8.55. The van der Waals surface area contributed by atoms with Gasteiger partial charge in [-0.25, -0.2) is 0 Å². The van der Waals surface area contributed by atoms with Crippen LogP contribution in [0.3, 0.4) is 0 Å². The second kappa shape index (κ2) is 8.42. The molecule has 4 heteroatoms. The number of aromatic amines is 1. The molecule has 1 heterocycles. The number of rotatable bonds is 6. The van der Waals surface area contributed by atoms with E-state index in [1.807, 2.05) is 23.1 Å². The molecule has 3 aromatic rings. The highest BCUT2D eigenvalue weighted by Gasteiger charge is 2.23.